The minimum Gasteiger partial charge on any atom is -0.289 e. The fourth-order valence-electron chi connectivity index (χ4n) is 9.34. The van der Waals surface area contributed by atoms with E-state index in [2.05, 4.69) is 128 Å². The van der Waals surface area contributed by atoms with Gasteiger partial charge < -0.3 is 0 Å². The van der Waals surface area contributed by atoms with Gasteiger partial charge in [0.25, 0.3) is 0 Å². The third-order valence-corrected chi connectivity index (χ3v) is 20.9. The summed E-state index contributed by atoms with van der Waals surface area (Å²) >= 11 is 15.9. The molecule has 0 spiro atoms. The van der Waals surface area contributed by atoms with E-state index in [0.29, 0.717) is 16.7 Å². The first-order valence-corrected chi connectivity index (χ1v) is 25.7. The number of Topliss-reactive ketones (excluding diaryl/α,β-unsaturated/α-hetero) is 1. The quantitative estimate of drug-likeness (QED) is 0.130. The predicted octanol–water partition coefficient (Wildman–Crippen LogP) is 15.5. The number of thiophene rings is 8. The van der Waals surface area contributed by atoms with Crippen LogP contribution >= 0.6 is 90.7 Å². The molecule has 0 atom stereocenters. The highest BCUT2D eigenvalue weighted by molar-refractivity contribution is 7.34. The molecule has 12 rings (SSSR count). The smallest absolute Gasteiger partial charge is 0.193 e. The molecule has 60 heavy (non-hydrogen) atoms. The third-order valence-electron chi connectivity index (χ3n) is 11.8. The Hall–Kier alpha value is -4.79. The molecule has 0 amide bonds. The summed E-state index contributed by atoms with van der Waals surface area (Å²) in [6.45, 7) is 12.7. The summed E-state index contributed by atoms with van der Waals surface area (Å²) in [5.74, 6) is -0.214. The van der Waals surface area contributed by atoms with Gasteiger partial charge in [-0.2, -0.15) is 10.5 Å². The van der Waals surface area contributed by atoms with Crippen LogP contribution in [0.1, 0.15) is 77.2 Å². The number of fused-ring (bicyclic) bond motifs is 10. The van der Waals surface area contributed by atoms with Crippen molar-refractivity contribution in [2.24, 2.45) is 0 Å². The highest BCUT2D eigenvalue weighted by Crippen LogP contribution is 2.70. The van der Waals surface area contributed by atoms with Crippen molar-refractivity contribution in [2.45, 2.75) is 38.5 Å². The topological polar surface area (TPSA) is 64.7 Å². The monoisotopic (exact) mass is 918 g/mol. The minimum atomic E-state index is -0.265. The van der Waals surface area contributed by atoms with E-state index in [-0.39, 0.29) is 27.8 Å². The van der Waals surface area contributed by atoms with E-state index in [0.717, 1.165) is 0 Å². The van der Waals surface area contributed by atoms with E-state index in [1.807, 2.05) is 68.0 Å². The van der Waals surface area contributed by atoms with Crippen molar-refractivity contribution < 1.29 is 4.79 Å². The number of carbonyl (C=O) groups excluding carboxylic acids is 1. The summed E-state index contributed by atoms with van der Waals surface area (Å²) in [7, 11) is 0. The third kappa shape index (κ3) is 5.01. The molecular weight excluding hydrogens is 889 g/mol. The molecule has 8 heterocycles. The van der Waals surface area contributed by atoms with Crippen LogP contribution < -0.4 is 0 Å². The lowest BCUT2D eigenvalue weighted by Crippen LogP contribution is -2.26. The SMILES string of the molecule is C=C1C(=O)c2ccccc2C1=C(C#N)C#N.Cc1ccc(C2(c3ccc(C)s3)c3ccsc3-c3sc4c5c(sc4c32)-c2sccc2C5(c2ccc(C)s2)c2ccc(C)s2)s1. The number of allylic oxidation sites excluding steroid dienone is 3. The van der Waals surface area contributed by atoms with E-state index < -0.39 is 0 Å². The number of hydrogen-bond donors (Lipinski definition) is 0. The first-order chi connectivity index (χ1) is 29.1. The summed E-state index contributed by atoms with van der Waals surface area (Å²) in [5.41, 5.74) is 7.16. The second-order valence-corrected chi connectivity index (χ2v) is 24.1. The molecular formula is C49H30N2OS8. The van der Waals surface area contributed by atoms with Gasteiger partial charge in [-0.15, -0.1) is 90.7 Å². The lowest BCUT2D eigenvalue weighted by Gasteiger charge is -2.30. The van der Waals surface area contributed by atoms with E-state index in [9.17, 15) is 4.79 Å². The molecule has 1 aromatic carbocycles. The Labute approximate surface area is 379 Å². The number of ketones is 1. The summed E-state index contributed by atoms with van der Waals surface area (Å²) in [5, 5.41) is 22.3. The molecule has 3 nitrogen and oxygen atoms in total. The molecule has 0 N–H and O–H groups in total. The fourth-order valence-corrected chi connectivity index (χ4v) is 19.2. The van der Waals surface area contributed by atoms with Gasteiger partial charge in [-0.25, -0.2) is 0 Å². The van der Waals surface area contributed by atoms with Gasteiger partial charge in [-0.1, -0.05) is 30.8 Å². The number of hydrogen-bond acceptors (Lipinski definition) is 11. The molecule has 0 fully saturated rings. The summed E-state index contributed by atoms with van der Waals surface area (Å²) in [4.78, 5) is 29.0. The van der Waals surface area contributed by atoms with Gasteiger partial charge in [0.1, 0.15) is 17.7 Å². The number of nitriles is 2. The summed E-state index contributed by atoms with van der Waals surface area (Å²) in [6.07, 6.45) is 0. The highest BCUT2D eigenvalue weighted by atomic mass is 32.1. The lowest BCUT2D eigenvalue weighted by molar-refractivity contribution is 0.104. The van der Waals surface area contributed by atoms with Gasteiger partial charge in [0.2, 0.25) is 0 Å². The molecule has 0 bridgehead atoms. The molecule has 9 aromatic rings. The van der Waals surface area contributed by atoms with Gasteiger partial charge in [0.05, 0.1) is 30.0 Å². The maximum atomic E-state index is 11.8. The van der Waals surface area contributed by atoms with Crippen molar-refractivity contribution in [2.75, 3.05) is 0 Å². The maximum Gasteiger partial charge on any atom is 0.193 e. The number of carbonyl (C=O) groups is 1. The van der Waals surface area contributed by atoms with Crippen molar-refractivity contribution in [3.8, 4) is 31.6 Å². The Morgan fingerprint density at radius 2 is 0.933 bits per heavy atom. The molecule has 0 saturated heterocycles. The molecule has 3 aliphatic rings. The molecule has 3 aliphatic carbocycles. The van der Waals surface area contributed by atoms with Crippen LogP contribution in [-0.2, 0) is 10.8 Å². The Balaban J connectivity index is 0.000000216. The number of nitrogens with zero attached hydrogens (tertiary/aromatic N) is 2. The Kier molecular flexibility index (Phi) is 8.82. The molecule has 8 aromatic heterocycles. The van der Waals surface area contributed by atoms with Crippen LogP contribution in [-0.4, -0.2) is 5.78 Å². The lowest BCUT2D eigenvalue weighted by atomic mass is 9.75. The number of aryl methyl sites for hydroxylation is 4. The Morgan fingerprint density at radius 1 is 0.533 bits per heavy atom. The number of rotatable bonds is 4. The summed E-state index contributed by atoms with van der Waals surface area (Å²) in [6, 6.07) is 34.3. The van der Waals surface area contributed by atoms with Crippen molar-refractivity contribution >= 4 is 111 Å². The van der Waals surface area contributed by atoms with Crippen molar-refractivity contribution in [1.82, 2.24) is 0 Å². The minimum absolute atomic E-state index is 0.0664. The van der Waals surface area contributed by atoms with E-state index >= 15 is 0 Å². The first-order valence-electron chi connectivity index (χ1n) is 19.0. The van der Waals surface area contributed by atoms with Crippen LogP contribution in [0.4, 0.5) is 0 Å². The second kappa shape index (κ2) is 13.9. The first kappa shape index (κ1) is 38.2. The van der Waals surface area contributed by atoms with Crippen LogP contribution in [0.15, 0.2) is 113 Å². The Morgan fingerprint density at radius 3 is 1.30 bits per heavy atom. The van der Waals surface area contributed by atoms with Gasteiger partial charge in [-0.3, -0.25) is 4.79 Å². The van der Waals surface area contributed by atoms with Crippen LogP contribution in [0.2, 0.25) is 0 Å². The average molecular weight is 919 g/mol. The van der Waals surface area contributed by atoms with Crippen LogP contribution in [0, 0.1) is 50.4 Å². The zero-order valence-corrected chi connectivity index (χ0v) is 39.0. The van der Waals surface area contributed by atoms with Crippen molar-refractivity contribution in [1.29, 1.82) is 10.5 Å². The van der Waals surface area contributed by atoms with Crippen molar-refractivity contribution in [3.05, 3.63) is 186 Å². The fraction of sp³-hybridized carbons (Fsp3) is 0.122. The zero-order valence-electron chi connectivity index (χ0n) is 32.5. The van der Waals surface area contributed by atoms with E-state index in [4.69, 9.17) is 10.5 Å². The summed E-state index contributed by atoms with van der Waals surface area (Å²) < 4.78 is 3.00. The molecule has 11 heteroatoms. The Bertz CT molecular complexity index is 3150. The van der Waals surface area contributed by atoms with Gasteiger partial charge in [0.15, 0.2) is 5.78 Å². The second-order valence-electron chi connectivity index (χ2n) is 15.1. The van der Waals surface area contributed by atoms with Gasteiger partial charge in [-0.05, 0) is 116 Å². The molecule has 0 aliphatic heterocycles. The highest BCUT2D eigenvalue weighted by Gasteiger charge is 2.56. The normalized spacial score (nSPS) is 14.9. The predicted molar refractivity (Wildman–Crippen MR) is 259 cm³/mol. The standard InChI is InChI=1S/C36H24S8.C13H6N2O/c1-17-5-9-23(39-17)35(24-10-6-18(2)40-24)21-13-15-37-29(21)31-27(35)33-34(43-31)28-32(44-33)30-22(14-16-38-30)36(28,25-11-7-19(3)41-25)26-12-8-20(4)42-26;1-8-12(9(6-14)7-15)10-4-2-3-5-11(10)13(8)16/h5-16H,1-4H3;2-5H,1H2. The van der Waals surface area contributed by atoms with Crippen molar-refractivity contribution in [3.63, 3.8) is 0 Å². The van der Waals surface area contributed by atoms with Gasteiger partial charge in [0, 0.05) is 76.6 Å². The largest absolute Gasteiger partial charge is 0.289 e. The van der Waals surface area contributed by atoms with Crippen LogP contribution in [0.5, 0.6) is 0 Å². The molecule has 0 unspecified atom stereocenters. The van der Waals surface area contributed by atoms with Crippen LogP contribution in [0.25, 0.3) is 34.5 Å². The molecule has 290 valence electrons. The molecule has 0 radical (unpaired) electrons. The maximum absolute atomic E-state index is 11.8. The zero-order chi connectivity index (χ0) is 41.2. The van der Waals surface area contributed by atoms with Gasteiger partial charge >= 0.3 is 0 Å². The van der Waals surface area contributed by atoms with Crippen LogP contribution in [0.3, 0.4) is 0 Å². The van der Waals surface area contributed by atoms with E-state index in [1.54, 1.807) is 47.5 Å². The molecule has 0 saturated carbocycles. The van der Waals surface area contributed by atoms with E-state index in [1.165, 1.54) is 79.1 Å². The average Bonchev–Trinajstić information content (AvgIpc) is 4.07. The number of benzene rings is 1.